The molecule has 0 spiro atoms. The van der Waals surface area contributed by atoms with E-state index in [9.17, 15) is 9.59 Å². The molecule has 1 unspecified atom stereocenters. The Labute approximate surface area is 121 Å². The maximum Gasteiger partial charge on any atom is 0.237 e. The van der Waals surface area contributed by atoms with E-state index in [1.807, 2.05) is 19.1 Å². The fourth-order valence-corrected chi connectivity index (χ4v) is 2.25. The predicted octanol–water partition coefficient (Wildman–Crippen LogP) is 1.93. The van der Waals surface area contributed by atoms with Gasteiger partial charge in [-0.3, -0.25) is 9.59 Å². The molecule has 0 fully saturated rings. The molecule has 0 saturated heterocycles. The minimum atomic E-state index is -0.499. The van der Waals surface area contributed by atoms with Crippen molar-refractivity contribution < 1.29 is 9.59 Å². The highest BCUT2D eigenvalue weighted by atomic mass is 16.2. The number of carbonyl (C=O) groups is 2. The molecular weight excluding hydrogens is 252 g/mol. The summed E-state index contributed by atoms with van der Waals surface area (Å²) < 4.78 is 0. The number of nitrogens with zero attached hydrogens (tertiary/aromatic N) is 1. The number of benzene rings is 1. The largest absolute Gasteiger partial charge is 0.368 e. The average molecular weight is 276 g/mol. The van der Waals surface area contributed by atoms with Gasteiger partial charge in [0.15, 0.2) is 0 Å². The van der Waals surface area contributed by atoms with Crippen molar-refractivity contribution in [1.82, 2.24) is 4.90 Å². The molecule has 20 heavy (non-hydrogen) atoms. The van der Waals surface area contributed by atoms with Crippen molar-refractivity contribution >= 4 is 11.8 Å². The Morgan fingerprint density at radius 3 is 2.45 bits per heavy atom. The number of likely N-dealkylation sites (N-methyl/N-ethyl adjacent to an activating group) is 1. The summed E-state index contributed by atoms with van der Waals surface area (Å²) in [5.41, 5.74) is 7.32. The maximum atomic E-state index is 12.2. The van der Waals surface area contributed by atoms with Gasteiger partial charge in [-0.05, 0) is 30.4 Å². The second kappa shape index (κ2) is 7.08. The zero-order valence-electron chi connectivity index (χ0n) is 12.7. The SMILES string of the molecule is CC(C)Cc1cccc(C(C)C(=O)N(C)CC(N)=O)c1. The van der Waals surface area contributed by atoms with Crippen LogP contribution in [0.15, 0.2) is 24.3 Å². The molecule has 1 atom stereocenters. The Kier molecular flexibility index (Phi) is 5.74. The van der Waals surface area contributed by atoms with Crippen LogP contribution >= 0.6 is 0 Å². The number of primary amides is 1. The van der Waals surface area contributed by atoms with Crippen LogP contribution in [0.4, 0.5) is 0 Å². The normalized spacial score (nSPS) is 12.2. The van der Waals surface area contributed by atoms with Crippen LogP contribution in [-0.4, -0.2) is 30.3 Å². The standard InChI is InChI=1S/C16H24N2O2/c1-11(2)8-13-6-5-7-14(9-13)12(3)16(20)18(4)10-15(17)19/h5-7,9,11-12H,8,10H2,1-4H3,(H2,17,19). The van der Waals surface area contributed by atoms with Crippen LogP contribution in [0.5, 0.6) is 0 Å². The third kappa shape index (κ3) is 4.68. The topological polar surface area (TPSA) is 63.4 Å². The summed E-state index contributed by atoms with van der Waals surface area (Å²) in [6.07, 6.45) is 0.992. The number of amides is 2. The Hall–Kier alpha value is -1.84. The number of rotatable bonds is 6. The summed E-state index contributed by atoms with van der Waals surface area (Å²) in [5.74, 6) is -0.285. The first-order valence-corrected chi connectivity index (χ1v) is 6.93. The minimum absolute atomic E-state index is 0.0468. The molecule has 1 rings (SSSR count). The monoisotopic (exact) mass is 276 g/mol. The molecular formula is C16H24N2O2. The molecule has 0 aliphatic heterocycles. The number of hydrogen-bond donors (Lipinski definition) is 1. The Morgan fingerprint density at radius 1 is 1.25 bits per heavy atom. The van der Waals surface area contributed by atoms with Gasteiger partial charge in [0.05, 0.1) is 12.5 Å². The quantitative estimate of drug-likeness (QED) is 0.863. The molecule has 0 heterocycles. The molecule has 110 valence electrons. The van der Waals surface area contributed by atoms with Gasteiger partial charge >= 0.3 is 0 Å². The zero-order valence-corrected chi connectivity index (χ0v) is 12.7. The van der Waals surface area contributed by atoms with E-state index in [1.54, 1.807) is 7.05 Å². The summed E-state index contributed by atoms with van der Waals surface area (Å²) in [6, 6.07) is 8.07. The molecule has 0 aromatic heterocycles. The Bertz CT molecular complexity index is 483. The highest BCUT2D eigenvalue weighted by Crippen LogP contribution is 2.20. The van der Waals surface area contributed by atoms with Gasteiger partial charge in [-0.25, -0.2) is 0 Å². The van der Waals surface area contributed by atoms with E-state index < -0.39 is 5.91 Å². The fourth-order valence-electron chi connectivity index (χ4n) is 2.25. The molecule has 0 radical (unpaired) electrons. The molecule has 0 aliphatic rings. The third-order valence-electron chi connectivity index (χ3n) is 3.23. The number of carbonyl (C=O) groups excluding carboxylic acids is 2. The van der Waals surface area contributed by atoms with E-state index in [2.05, 4.69) is 26.0 Å². The van der Waals surface area contributed by atoms with Crippen LogP contribution in [0.1, 0.15) is 37.8 Å². The van der Waals surface area contributed by atoms with E-state index in [-0.39, 0.29) is 18.4 Å². The summed E-state index contributed by atoms with van der Waals surface area (Å²) in [6.45, 7) is 6.15. The van der Waals surface area contributed by atoms with Crippen molar-refractivity contribution in [1.29, 1.82) is 0 Å². The first-order valence-electron chi connectivity index (χ1n) is 6.93. The van der Waals surface area contributed by atoms with Crippen LogP contribution in [-0.2, 0) is 16.0 Å². The lowest BCUT2D eigenvalue weighted by Crippen LogP contribution is -2.37. The molecule has 1 aromatic rings. The molecule has 4 heteroatoms. The van der Waals surface area contributed by atoms with Gasteiger partial charge in [-0.1, -0.05) is 38.1 Å². The summed E-state index contributed by atoms with van der Waals surface area (Å²) in [4.78, 5) is 24.5. The van der Waals surface area contributed by atoms with E-state index in [0.717, 1.165) is 12.0 Å². The summed E-state index contributed by atoms with van der Waals surface area (Å²) in [5, 5.41) is 0. The number of nitrogens with two attached hydrogens (primary N) is 1. The minimum Gasteiger partial charge on any atom is -0.368 e. The fraction of sp³-hybridized carbons (Fsp3) is 0.500. The van der Waals surface area contributed by atoms with Gasteiger partial charge < -0.3 is 10.6 Å². The summed E-state index contributed by atoms with van der Waals surface area (Å²) in [7, 11) is 1.60. The molecule has 0 aliphatic carbocycles. The smallest absolute Gasteiger partial charge is 0.237 e. The van der Waals surface area contributed by atoms with Crippen LogP contribution in [0.3, 0.4) is 0 Å². The first kappa shape index (κ1) is 16.2. The third-order valence-corrected chi connectivity index (χ3v) is 3.23. The van der Waals surface area contributed by atoms with Crippen LogP contribution in [0.2, 0.25) is 0 Å². The van der Waals surface area contributed by atoms with Gasteiger partial charge in [0, 0.05) is 7.05 Å². The predicted molar refractivity (Wildman–Crippen MR) is 80.2 cm³/mol. The van der Waals surface area contributed by atoms with Crippen LogP contribution in [0.25, 0.3) is 0 Å². The second-order valence-corrected chi connectivity index (χ2v) is 5.73. The van der Waals surface area contributed by atoms with Gasteiger partial charge in [0.25, 0.3) is 0 Å². The van der Waals surface area contributed by atoms with Gasteiger partial charge in [0.1, 0.15) is 0 Å². The second-order valence-electron chi connectivity index (χ2n) is 5.73. The number of hydrogen-bond acceptors (Lipinski definition) is 2. The van der Waals surface area contributed by atoms with Crippen molar-refractivity contribution in [3.63, 3.8) is 0 Å². The van der Waals surface area contributed by atoms with Gasteiger partial charge in [0.2, 0.25) is 11.8 Å². The van der Waals surface area contributed by atoms with Gasteiger partial charge in [-0.15, -0.1) is 0 Å². The van der Waals surface area contributed by atoms with E-state index in [4.69, 9.17) is 5.73 Å². The molecule has 2 amide bonds. The van der Waals surface area contributed by atoms with Crippen molar-refractivity contribution in [2.75, 3.05) is 13.6 Å². The van der Waals surface area contributed by atoms with Crippen molar-refractivity contribution in [2.24, 2.45) is 11.7 Å². The highest BCUT2D eigenvalue weighted by molar-refractivity contribution is 5.87. The molecule has 1 aromatic carbocycles. The molecule has 4 nitrogen and oxygen atoms in total. The summed E-state index contributed by atoms with van der Waals surface area (Å²) >= 11 is 0. The molecule has 0 bridgehead atoms. The van der Waals surface area contributed by atoms with Crippen LogP contribution < -0.4 is 5.73 Å². The zero-order chi connectivity index (χ0) is 15.3. The van der Waals surface area contributed by atoms with E-state index in [0.29, 0.717) is 5.92 Å². The van der Waals surface area contributed by atoms with Crippen molar-refractivity contribution in [3.8, 4) is 0 Å². The highest BCUT2D eigenvalue weighted by Gasteiger charge is 2.20. The lowest BCUT2D eigenvalue weighted by atomic mass is 9.95. The van der Waals surface area contributed by atoms with E-state index in [1.165, 1.54) is 10.5 Å². The Balaban J connectivity index is 2.83. The maximum absolute atomic E-state index is 12.2. The first-order chi connectivity index (χ1) is 9.31. The van der Waals surface area contributed by atoms with Gasteiger partial charge in [-0.2, -0.15) is 0 Å². The van der Waals surface area contributed by atoms with Crippen molar-refractivity contribution in [3.05, 3.63) is 35.4 Å². The van der Waals surface area contributed by atoms with Crippen LogP contribution in [0, 0.1) is 5.92 Å². The Morgan fingerprint density at radius 2 is 1.90 bits per heavy atom. The lowest BCUT2D eigenvalue weighted by molar-refractivity contribution is -0.134. The van der Waals surface area contributed by atoms with E-state index >= 15 is 0 Å². The average Bonchev–Trinajstić information content (AvgIpc) is 2.35. The molecule has 2 N–H and O–H groups in total. The lowest BCUT2D eigenvalue weighted by Gasteiger charge is -2.20. The van der Waals surface area contributed by atoms with Crippen molar-refractivity contribution in [2.45, 2.75) is 33.1 Å². The molecule has 0 saturated carbocycles.